The molecule has 0 aliphatic heterocycles. The SMILES string of the molecule is C=Cc1cccc(-c2cccc(-c3c4ccc(C)cc4c(-c4cccc(-c5cccc6ccccc56)c4)c4ccncc34)c2)c1/C=C\C. The molecule has 8 aromatic rings. The van der Waals surface area contributed by atoms with E-state index in [1.165, 1.54) is 82.6 Å². The molecule has 0 atom stereocenters. The summed E-state index contributed by atoms with van der Waals surface area (Å²) in [6.45, 7) is 8.32. The first-order valence-corrected chi connectivity index (χ1v) is 16.5. The van der Waals surface area contributed by atoms with Crippen LogP contribution in [0, 0.1) is 6.92 Å². The van der Waals surface area contributed by atoms with Crippen LogP contribution < -0.4 is 0 Å². The Labute approximate surface area is 282 Å². The number of nitrogens with zero attached hydrogens (tertiary/aromatic N) is 1. The zero-order valence-electron chi connectivity index (χ0n) is 27.2. The minimum Gasteiger partial charge on any atom is -0.264 e. The van der Waals surface area contributed by atoms with E-state index in [1.807, 2.05) is 18.5 Å². The highest BCUT2D eigenvalue weighted by Crippen LogP contribution is 2.45. The molecular weight excluding hydrogens is 579 g/mol. The fourth-order valence-electron chi connectivity index (χ4n) is 7.33. The number of aromatic nitrogens is 1. The van der Waals surface area contributed by atoms with Crippen molar-refractivity contribution in [3.63, 3.8) is 0 Å². The first-order valence-electron chi connectivity index (χ1n) is 16.5. The summed E-state index contributed by atoms with van der Waals surface area (Å²) in [5.41, 5.74) is 13.2. The van der Waals surface area contributed by atoms with Gasteiger partial charge in [-0.15, -0.1) is 0 Å². The van der Waals surface area contributed by atoms with Gasteiger partial charge >= 0.3 is 0 Å². The summed E-state index contributed by atoms with van der Waals surface area (Å²) in [7, 11) is 0. The maximum atomic E-state index is 4.68. The highest BCUT2D eigenvalue weighted by molar-refractivity contribution is 6.21. The lowest BCUT2D eigenvalue weighted by molar-refractivity contribution is 1.37. The van der Waals surface area contributed by atoms with E-state index in [-0.39, 0.29) is 0 Å². The minimum absolute atomic E-state index is 1.13. The Morgan fingerprint density at radius 3 is 1.98 bits per heavy atom. The zero-order valence-corrected chi connectivity index (χ0v) is 27.2. The summed E-state index contributed by atoms with van der Waals surface area (Å²) in [6, 6.07) is 48.7. The molecule has 0 aliphatic carbocycles. The molecule has 0 spiro atoms. The molecule has 0 saturated carbocycles. The molecule has 0 fully saturated rings. The van der Waals surface area contributed by atoms with Crippen molar-refractivity contribution in [2.45, 2.75) is 13.8 Å². The van der Waals surface area contributed by atoms with E-state index in [0.29, 0.717) is 0 Å². The van der Waals surface area contributed by atoms with Crippen molar-refractivity contribution in [2.24, 2.45) is 0 Å². The van der Waals surface area contributed by atoms with Crippen LogP contribution in [0.1, 0.15) is 23.6 Å². The Morgan fingerprint density at radius 2 is 1.19 bits per heavy atom. The lowest BCUT2D eigenvalue weighted by atomic mass is 9.84. The fraction of sp³-hybridized carbons (Fsp3) is 0.0426. The van der Waals surface area contributed by atoms with Gasteiger partial charge in [-0.3, -0.25) is 4.98 Å². The quantitative estimate of drug-likeness (QED) is 0.170. The first-order chi connectivity index (χ1) is 23.6. The van der Waals surface area contributed by atoms with Crippen molar-refractivity contribution in [3.8, 4) is 44.5 Å². The second-order valence-electron chi connectivity index (χ2n) is 12.4. The van der Waals surface area contributed by atoms with Gasteiger partial charge in [-0.2, -0.15) is 0 Å². The van der Waals surface area contributed by atoms with E-state index < -0.39 is 0 Å². The van der Waals surface area contributed by atoms with Crippen molar-refractivity contribution in [1.82, 2.24) is 4.98 Å². The highest BCUT2D eigenvalue weighted by atomic mass is 14.6. The van der Waals surface area contributed by atoms with Crippen LogP contribution in [-0.4, -0.2) is 4.98 Å². The summed E-state index contributed by atoms with van der Waals surface area (Å²) in [5, 5.41) is 7.31. The minimum atomic E-state index is 1.13. The van der Waals surface area contributed by atoms with E-state index in [0.717, 1.165) is 10.9 Å². The molecule has 0 bridgehead atoms. The normalized spacial score (nSPS) is 11.5. The van der Waals surface area contributed by atoms with Crippen molar-refractivity contribution in [3.05, 3.63) is 175 Å². The second kappa shape index (κ2) is 12.3. The van der Waals surface area contributed by atoms with Crippen LogP contribution in [0.15, 0.2) is 159 Å². The Morgan fingerprint density at radius 1 is 0.542 bits per heavy atom. The lowest BCUT2D eigenvalue weighted by Gasteiger charge is -2.19. The molecule has 0 aliphatic rings. The Balaban J connectivity index is 1.38. The van der Waals surface area contributed by atoms with Gasteiger partial charge in [0.1, 0.15) is 0 Å². The van der Waals surface area contributed by atoms with E-state index >= 15 is 0 Å². The standard InChI is InChI=1S/C47H35N/c1-4-12-38-32(5-2)14-10-21-40(38)34-16-9-19-37(29-34)47-42-24-23-31(3)27-44(42)46(43-25-26-48-30-45(43)47)36-18-8-17-35(28-36)41-22-11-15-33-13-6-7-20-39(33)41/h4-30H,2H2,1,3H3/b12-4-. The van der Waals surface area contributed by atoms with Gasteiger partial charge in [0, 0.05) is 17.8 Å². The molecule has 228 valence electrons. The maximum Gasteiger partial charge on any atom is 0.0353 e. The molecule has 7 aromatic carbocycles. The van der Waals surface area contributed by atoms with Gasteiger partial charge < -0.3 is 0 Å². The van der Waals surface area contributed by atoms with Gasteiger partial charge in [-0.05, 0) is 115 Å². The number of hydrogen-bond donors (Lipinski definition) is 0. The average Bonchev–Trinajstić information content (AvgIpc) is 3.14. The van der Waals surface area contributed by atoms with Gasteiger partial charge in [0.15, 0.2) is 0 Å². The molecule has 0 saturated heterocycles. The number of rotatable bonds is 6. The number of hydrogen-bond acceptors (Lipinski definition) is 1. The predicted molar refractivity (Wildman–Crippen MR) is 208 cm³/mol. The number of aryl methyl sites for hydroxylation is 1. The molecule has 1 nitrogen and oxygen atoms in total. The van der Waals surface area contributed by atoms with Gasteiger partial charge in [0.2, 0.25) is 0 Å². The van der Waals surface area contributed by atoms with Crippen LogP contribution in [0.3, 0.4) is 0 Å². The average molecular weight is 614 g/mol. The Bertz CT molecular complexity index is 2540. The molecule has 48 heavy (non-hydrogen) atoms. The van der Waals surface area contributed by atoms with Crippen LogP contribution in [0.25, 0.3) is 89.0 Å². The smallest absolute Gasteiger partial charge is 0.0353 e. The summed E-state index contributed by atoms with van der Waals surface area (Å²) < 4.78 is 0. The van der Waals surface area contributed by atoms with Crippen molar-refractivity contribution in [1.29, 1.82) is 0 Å². The molecule has 1 heterocycles. The monoisotopic (exact) mass is 613 g/mol. The summed E-state index contributed by atoms with van der Waals surface area (Å²) in [5.74, 6) is 0. The summed E-state index contributed by atoms with van der Waals surface area (Å²) in [6.07, 6.45) is 10.2. The first kappa shape index (κ1) is 29.4. The van der Waals surface area contributed by atoms with Gasteiger partial charge in [-0.25, -0.2) is 0 Å². The third kappa shape index (κ3) is 5.01. The molecule has 0 N–H and O–H groups in total. The van der Waals surface area contributed by atoms with E-state index in [9.17, 15) is 0 Å². The van der Waals surface area contributed by atoms with E-state index in [2.05, 4.69) is 171 Å². The third-order valence-corrected chi connectivity index (χ3v) is 9.48. The molecular formula is C47H35N. The van der Waals surface area contributed by atoms with Gasteiger partial charge in [0.25, 0.3) is 0 Å². The maximum absolute atomic E-state index is 4.68. The van der Waals surface area contributed by atoms with Crippen molar-refractivity contribution < 1.29 is 0 Å². The van der Waals surface area contributed by atoms with Crippen LogP contribution in [0.2, 0.25) is 0 Å². The number of pyridine rings is 1. The van der Waals surface area contributed by atoms with Crippen LogP contribution >= 0.6 is 0 Å². The largest absolute Gasteiger partial charge is 0.264 e. The van der Waals surface area contributed by atoms with Gasteiger partial charge in [-0.1, -0.05) is 146 Å². The Hall–Kier alpha value is -6.05. The Kier molecular flexibility index (Phi) is 7.51. The van der Waals surface area contributed by atoms with Crippen molar-refractivity contribution in [2.75, 3.05) is 0 Å². The summed E-state index contributed by atoms with van der Waals surface area (Å²) in [4.78, 5) is 4.68. The molecule has 1 aromatic heterocycles. The fourth-order valence-corrected chi connectivity index (χ4v) is 7.33. The van der Waals surface area contributed by atoms with Crippen LogP contribution in [-0.2, 0) is 0 Å². The van der Waals surface area contributed by atoms with E-state index in [4.69, 9.17) is 0 Å². The van der Waals surface area contributed by atoms with Crippen LogP contribution in [0.5, 0.6) is 0 Å². The topological polar surface area (TPSA) is 12.9 Å². The predicted octanol–water partition coefficient (Wildman–Crippen LogP) is 13.2. The molecule has 8 rings (SSSR count). The molecule has 0 radical (unpaired) electrons. The summed E-state index contributed by atoms with van der Waals surface area (Å²) >= 11 is 0. The number of benzene rings is 7. The third-order valence-electron chi connectivity index (χ3n) is 9.48. The van der Waals surface area contributed by atoms with E-state index in [1.54, 1.807) is 0 Å². The number of fused-ring (bicyclic) bond motifs is 3. The zero-order chi connectivity index (χ0) is 32.6. The molecule has 1 heteroatoms. The highest BCUT2D eigenvalue weighted by Gasteiger charge is 2.19. The molecule has 0 amide bonds. The van der Waals surface area contributed by atoms with Crippen molar-refractivity contribution >= 4 is 44.5 Å². The molecule has 0 unspecified atom stereocenters. The van der Waals surface area contributed by atoms with Crippen LogP contribution in [0.4, 0.5) is 0 Å². The lowest BCUT2D eigenvalue weighted by Crippen LogP contribution is -1.93. The van der Waals surface area contributed by atoms with Gasteiger partial charge in [0.05, 0.1) is 0 Å². The number of allylic oxidation sites excluding steroid dienone is 1. The second-order valence-corrected chi connectivity index (χ2v) is 12.4.